The maximum atomic E-state index is 4.76. The summed E-state index contributed by atoms with van der Waals surface area (Å²) in [6.45, 7) is 0. The molecule has 0 aliphatic rings. The van der Waals surface area contributed by atoms with Crippen molar-refractivity contribution in [2.45, 2.75) is 0 Å². The van der Waals surface area contributed by atoms with Crippen molar-refractivity contribution >= 4 is 38.6 Å². The predicted molar refractivity (Wildman–Crippen MR) is 165 cm³/mol. The van der Waals surface area contributed by atoms with E-state index in [1.54, 1.807) is 0 Å². The van der Waals surface area contributed by atoms with Crippen LogP contribution in [-0.2, 0) is 0 Å². The molecule has 184 valence electrons. The van der Waals surface area contributed by atoms with Crippen molar-refractivity contribution in [2.24, 2.45) is 0 Å². The zero-order valence-corrected chi connectivity index (χ0v) is 21.4. The smallest absolute Gasteiger partial charge is 0.0708 e. The quantitative estimate of drug-likeness (QED) is 0.235. The molecule has 0 unspecified atom stereocenters. The summed E-state index contributed by atoms with van der Waals surface area (Å²) >= 11 is 0. The van der Waals surface area contributed by atoms with Gasteiger partial charge in [0.05, 0.1) is 5.69 Å². The van der Waals surface area contributed by atoms with Crippen molar-refractivity contribution in [2.75, 3.05) is 4.90 Å². The van der Waals surface area contributed by atoms with E-state index >= 15 is 0 Å². The summed E-state index contributed by atoms with van der Waals surface area (Å²) in [5.74, 6) is 0. The Hall–Kier alpha value is -5.21. The minimum absolute atomic E-state index is 0.983. The lowest BCUT2D eigenvalue weighted by atomic mass is 10.0. The molecule has 0 aliphatic heterocycles. The third-order valence-corrected chi connectivity index (χ3v) is 7.23. The number of hydrogen-bond donors (Lipinski definition) is 0. The second-order valence-corrected chi connectivity index (χ2v) is 9.75. The Balaban J connectivity index is 1.34. The summed E-state index contributed by atoms with van der Waals surface area (Å²) in [6, 6.07) is 53.7. The van der Waals surface area contributed by atoms with Gasteiger partial charge in [0, 0.05) is 34.2 Å². The van der Waals surface area contributed by atoms with Gasteiger partial charge in [0.1, 0.15) is 0 Å². The minimum Gasteiger partial charge on any atom is -0.310 e. The van der Waals surface area contributed by atoms with Crippen LogP contribution < -0.4 is 4.90 Å². The Morgan fingerprint density at radius 3 is 1.87 bits per heavy atom. The first kappa shape index (κ1) is 22.9. The molecule has 2 nitrogen and oxygen atoms in total. The van der Waals surface area contributed by atoms with Gasteiger partial charge < -0.3 is 4.90 Å². The molecule has 0 atom stereocenters. The number of para-hydroxylation sites is 1. The van der Waals surface area contributed by atoms with Crippen molar-refractivity contribution < 1.29 is 0 Å². The van der Waals surface area contributed by atoms with Gasteiger partial charge in [0.25, 0.3) is 0 Å². The Morgan fingerprint density at radius 1 is 0.359 bits per heavy atom. The average molecular weight is 499 g/mol. The molecule has 6 aromatic carbocycles. The van der Waals surface area contributed by atoms with Crippen LogP contribution in [0.5, 0.6) is 0 Å². The molecule has 1 aromatic heterocycles. The van der Waals surface area contributed by atoms with Crippen LogP contribution in [0.3, 0.4) is 0 Å². The first-order valence-electron chi connectivity index (χ1n) is 13.2. The molecule has 7 aromatic rings. The van der Waals surface area contributed by atoms with Crippen LogP contribution in [-0.4, -0.2) is 4.98 Å². The molecule has 0 N–H and O–H groups in total. The van der Waals surface area contributed by atoms with Gasteiger partial charge in [-0.1, -0.05) is 103 Å². The highest BCUT2D eigenvalue weighted by molar-refractivity contribution is 5.93. The summed E-state index contributed by atoms with van der Waals surface area (Å²) in [5.41, 5.74) is 7.85. The van der Waals surface area contributed by atoms with E-state index in [2.05, 4.69) is 157 Å². The zero-order valence-electron chi connectivity index (χ0n) is 21.4. The average Bonchev–Trinajstić information content (AvgIpc) is 3.02. The lowest BCUT2D eigenvalue weighted by Gasteiger charge is -2.26. The molecular formula is C37H26N2. The van der Waals surface area contributed by atoms with Crippen LogP contribution in [0.15, 0.2) is 158 Å². The van der Waals surface area contributed by atoms with E-state index in [0.717, 1.165) is 33.7 Å². The number of pyridine rings is 1. The number of anilines is 3. The highest BCUT2D eigenvalue weighted by atomic mass is 15.1. The number of benzene rings is 6. The van der Waals surface area contributed by atoms with E-state index in [1.807, 2.05) is 6.20 Å². The SMILES string of the molecule is c1ccc(-c2cccc(N(c3ccccc3)c3ccc4ccc(-c5cc6ccccc6cn5)cc4c3)c2)cc1. The van der Waals surface area contributed by atoms with E-state index in [1.165, 1.54) is 27.3 Å². The first-order valence-corrected chi connectivity index (χ1v) is 13.2. The van der Waals surface area contributed by atoms with Gasteiger partial charge in [-0.15, -0.1) is 0 Å². The molecule has 0 radical (unpaired) electrons. The van der Waals surface area contributed by atoms with Gasteiger partial charge in [-0.25, -0.2) is 0 Å². The number of nitrogens with zero attached hydrogens (tertiary/aromatic N) is 2. The van der Waals surface area contributed by atoms with Crippen LogP contribution in [0.25, 0.3) is 43.9 Å². The number of rotatable bonds is 5. The van der Waals surface area contributed by atoms with Gasteiger partial charge in [0.2, 0.25) is 0 Å². The highest BCUT2D eigenvalue weighted by Gasteiger charge is 2.14. The summed E-state index contributed by atoms with van der Waals surface area (Å²) in [4.78, 5) is 7.09. The molecule has 0 saturated carbocycles. The predicted octanol–water partition coefficient (Wildman–Crippen LogP) is 10.2. The van der Waals surface area contributed by atoms with Crippen LogP contribution in [0, 0.1) is 0 Å². The van der Waals surface area contributed by atoms with E-state index in [9.17, 15) is 0 Å². The molecule has 1 heterocycles. The molecule has 0 aliphatic carbocycles. The largest absolute Gasteiger partial charge is 0.310 e. The van der Waals surface area contributed by atoms with Gasteiger partial charge in [-0.05, 0) is 75.8 Å². The Labute approximate surface area is 228 Å². The van der Waals surface area contributed by atoms with Crippen LogP contribution >= 0.6 is 0 Å². The van der Waals surface area contributed by atoms with Crippen molar-refractivity contribution in [1.29, 1.82) is 0 Å². The normalized spacial score (nSPS) is 11.1. The lowest BCUT2D eigenvalue weighted by Crippen LogP contribution is -2.09. The third-order valence-electron chi connectivity index (χ3n) is 7.23. The van der Waals surface area contributed by atoms with E-state index < -0.39 is 0 Å². The van der Waals surface area contributed by atoms with Crippen molar-refractivity contribution in [3.05, 3.63) is 158 Å². The summed E-state index contributed by atoms with van der Waals surface area (Å²) in [6.07, 6.45) is 1.96. The fraction of sp³-hybridized carbons (Fsp3) is 0. The fourth-order valence-electron chi connectivity index (χ4n) is 5.25. The van der Waals surface area contributed by atoms with E-state index in [0.29, 0.717) is 0 Å². The van der Waals surface area contributed by atoms with Crippen molar-refractivity contribution in [1.82, 2.24) is 4.98 Å². The number of hydrogen-bond acceptors (Lipinski definition) is 2. The van der Waals surface area contributed by atoms with E-state index in [-0.39, 0.29) is 0 Å². The molecule has 0 bridgehead atoms. The summed E-state index contributed by atoms with van der Waals surface area (Å²) < 4.78 is 0. The molecule has 0 fully saturated rings. The van der Waals surface area contributed by atoms with E-state index in [4.69, 9.17) is 4.98 Å². The zero-order chi connectivity index (χ0) is 26.0. The highest BCUT2D eigenvalue weighted by Crippen LogP contribution is 2.38. The molecule has 39 heavy (non-hydrogen) atoms. The van der Waals surface area contributed by atoms with Gasteiger partial charge in [-0.2, -0.15) is 0 Å². The van der Waals surface area contributed by atoms with Gasteiger partial charge in [-0.3, -0.25) is 4.98 Å². The molecule has 0 saturated heterocycles. The minimum atomic E-state index is 0.983. The maximum Gasteiger partial charge on any atom is 0.0708 e. The Bertz CT molecular complexity index is 1910. The number of aromatic nitrogens is 1. The lowest BCUT2D eigenvalue weighted by molar-refractivity contribution is 1.29. The second kappa shape index (κ2) is 9.92. The standard InChI is InChI=1S/C37H26N2/c1-3-10-27(11-4-1)29-14-9-17-35(23-29)39(34-15-5-2-6-16-34)36-21-20-28-18-19-31(22-33(28)24-36)37-25-30-12-7-8-13-32(30)26-38-37/h1-26H. The third kappa shape index (κ3) is 4.54. The Morgan fingerprint density at radius 2 is 1.03 bits per heavy atom. The molecular weight excluding hydrogens is 472 g/mol. The monoisotopic (exact) mass is 498 g/mol. The topological polar surface area (TPSA) is 16.1 Å². The van der Waals surface area contributed by atoms with Crippen LogP contribution in [0.4, 0.5) is 17.1 Å². The van der Waals surface area contributed by atoms with Crippen LogP contribution in [0.2, 0.25) is 0 Å². The van der Waals surface area contributed by atoms with Crippen molar-refractivity contribution in [3.8, 4) is 22.4 Å². The van der Waals surface area contributed by atoms with Gasteiger partial charge >= 0.3 is 0 Å². The van der Waals surface area contributed by atoms with Crippen molar-refractivity contribution in [3.63, 3.8) is 0 Å². The second-order valence-electron chi connectivity index (χ2n) is 9.75. The molecule has 7 rings (SSSR count). The first-order chi connectivity index (χ1) is 19.3. The molecule has 0 amide bonds. The molecule has 0 spiro atoms. The van der Waals surface area contributed by atoms with Crippen LogP contribution in [0.1, 0.15) is 0 Å². The van der Waals surface area contributed by atoms with Gasteiger partial charge in [0.15, 0.2) is 0 Å². The Kier molecular flexibility index (Phi) is 5.84. The summed E-state index contributed by atoms with van der Waals surface area (Å²) in [5, 5.41) is 4.74. The maximum absolute atomic E-state index is 4.76. The fourth-order valence-corrected chi connectivity index (χ4v) is 5.25. The molecule has 2 heteroatoms. The number of fused-ring (bicyclic) bond motifs is 2. The summed E-state index contributed by atoms with van der Waals surface area (Å²) in [7, 11) is 0.